The first-order chi connectivity index (χ1) is 14.4. The SMILES string of the molecule is C[C@]12CC(C#N)=C(O)C3(CC=CC3)C1=CCC1[C@@H]2CC[C@@]2(C)[C@H]1CCC21OCCO1. The number of fused-ring (bicyclic) bond motifs is 7. The number of allylic oxidation sites excluding steroid dienone is 5. The van der Waals surface area contributed by atoms with Gasteiger partial charge in [-0.1, -0.05) is 37.6 Å². The Balaban J connectivity index is 1.42. The summed E-state index contributed by atoms with van der Waals surface area (Å²) in [5.41, 5.74) is 1.73. The monoisotopic (exact) mass is 407 g/mol. The van der Waals surface area contributed by atoms with Crippen LogP contribution in [0.15, 0.2) is 35.1 Å². The fourth-order valence-electron chi connectivity index (χ4n) is 8.97. The summed E-state index contributed by atoms with van der Waals surface area (Å²) in [7, 11) is 0. The number of nitriles is 1. The lowest BCUT2D eigenvalue weighted by atomic mass is 9.44. The minimum Gasteiger partial charge on any atom is -0.510 e. The first kappa shape index (κ1) is 19.1. The maximum absolute atomic E-state index is 11.1. The highest BCUT2D eigenvalue weighted by molar-refractivity contribution is 5.48. The highest BCUT2D eigenvalue weighted by atomic mass is 16.7. The lowest BCUT2D eigenvalue weighted by molar-refractivity contribution is -0.242. The van der Waals surface area contributed by atoms with E-state index in [1.165, 1.54) is 12.0 Å². The molecule has 160 valence electrons. The molecule has 0 amide bonds. The van der Waals surface area contributed by atoms with Crippen LogP contribution in [0.4, 0.5) is 0 Å². The van der Waals surface area contributed by atoms with E-state index in [1.807, 2.05) is 0 Å². The molecule has 4 heteroatoms. The largest absolute Gasteiger partial charge is 0.510 e. The van der Waals surface area contributed by atoms with Crippen molar-refractivity contribution in [2.75, 3.05) is 13.2 Å². The third-order valence-corrected chi connectivity index (χ3v) is 10.3. The first-order valence-electron chi connectivity index (χ1n) is 11.9. The van der Waals surface area contributed by atoms with Crippen molar-refractivity contribution in [3.8, 4) is 6.07 Å². The minimum atomic E-state index is -0.368. The van der Waals surface area contributed by atoms with Gasteiger partial charge in [0.2, 0.25) is 0 Å². The molecule has 1 saturated heterocycles. The number of aliphatic hydroxyl groups excluding tert-OH is 1. The standard InChI is InChI=1S/C26H33NO3/c1-23-15-17(16-27)22(28)25(9-3-4-10-25)21(23)6-5-18-19(23)7-11-24(2)20(18)8-12-26(24)29-13-14-30-26/h3-4,6,18-20,28H,5,7-15H2,1-2H3/t18?,19-,20-,23+,24-/m0/s1. The van der Waals surface area contributed by atoms with Crippen molar-refractivity contribution in [3.05, 3.63) is 35.1 Å². The highest BCUT2D eigenvalue weighted by Gasteiger charge is 2.68. The van der Waals surface area contributed by atoms with Crippen molar-refractivity contribution in [1.29, 1.82) is 5.26 Å². The fraction of sp³-hybridized carbons (Fsp3) is 0.731. The van der Waals surface area contributed by atoms with Crippen LogP contribution in [0.5, 0.6) is 0 Å². The summed E-state index contributed by atoms with van der Waals surface area (Å²) in [4.78, 5) is 0. The van der Waals surface area contributed by atoms with E-state index in [4.69, 9.17) is 9.47 Å². The smallest absolute Gasteiger partial charge is 0.174 e. The maximum Gasteiger partial charge on any atom is 0.174 e. The van der Waals surface area contributed by atoms with Crippen LogP contribution in [-0.4, -0.2) is 24.1 Å². The molecule has 6 rings (SSSR count). The lowest BCUT2D eigenvalue weighted by Gasteiger charge is -2.60. The van der Waals surface area contributed by atoms with Gasteiger partial charge in [-0.3, -0.25) is 0 Å². The van der Waals surface area contributed by atoms with Crippen molar-refractivity contribution < 1.29 is 14.6 Å². The molecule has 6 aliphatic rings. The molecule has 2 saturated carbocycles. The molecule has 5 aliphatic carbocycles. The second-order valence-corrected chi connectivity index (χ2v) is 11.2. The molecule has 2 spiro atoms. The Bertz CT molecular complexity index is 909. The molecule has 1 unspecified atom stereocenters. The van der Waals surface area contributed by atoms with E-state index in [-0.39, 0.29) is 22.0 Å². The van der Waals surface area contributed by atoms with Crippen LogP contribution in [0.25, 0.3) is 0 Å². The van der Waals surface area contributed by atoms with Gasteiger partial charge in [0, 0.05) is 11.8 Å². The summed E-state index contributed by atoms with van der Waals surface area (Å²) in [6.07, 6.45) is 14.8. The van der Waals surface area contributed by atoms with Crippen molar-refractivity contribution in [2.24, 2.45) is 34.0 Å². The molecule has 1 aliphatic heterocycles. The number of rotatable bonds is 0. The fourth-order valence-corrected chi connectivity index (χ4v) is 8.97. The molecular weight excluding hydrogens is 374 g/mol. The zero-order chi connectivity index (χ0) is 20.8. The molecule has 0 bridgehead atoms. The van der Waals surface area contributed by atoms with E-state index in [0.717, 1.165) is 51.7 Å². The third-order valence-electron chi connectivity index (χ3n) is 10.3. The summed E-state index contributed by atoms with van der Waals surface area (Å²) in [6.45, 7) is 6.27. The van der Waals surface area contributed by atoms with E-state index in [2.05, 4.69) is 38.1 Å². The Morgan fingerprint density at radius 2 is 1.77 bits per heavy atom. The predicted octanol–water partition coefficient (Wildman–Crippen LogP) is 5.58. The second kappa shape index (κ2) is 6.02. The summed E-state index contributed by atoms with van der Waals surface area (Å²) < 4.78 is 12.6. The van der Waals surface area contributed by atoms with E-state index < -0.39 is 0 Å². The first-order valence-corrected chi connectivity index (χ1v) is 11.9. The Morgan fingerprint density at radius 1 is 1.07 bits per heavy atom. The molecular formula is C26H33NO3. The Labute approximate surface area is 179 Å². The predicted molar refractivity (Wildman–Crippen MR) is 113 cm³/mol. The Morgan fingerprint density at radius 3 is 2.47 bits per heavy atom. The summed E-state index contributed by atoms with van der Waals surface area (Å²) >= 11 is 0. The molecule has 1 heterocycles. The molecule has 0 aromatic rings. The number of ether oxygens (including phenoxy) is 2. The molecule has 1 N–H and O–H groups in total. The summed E-state index contributed by atoms with van der Waals surface area (Å²) in [5.74, 6) is 1.75. The lowest BCUT2D eigenvalue weighted by Crippen LogP contribution is -2.56. The normalized spacial score (nSPS) is 45.2. The van der Waals surface area contributed by atoms with E-state index in [1.54, 1.807) is 0 Å². The van der Waals surface area contributed by atoms with Crippen LogP contribution in [0.2, 0.25) is 0 Å². The zero-order valence-corrected chi connectivity index (χ0v) is 18.2. The van der Waals surface area contributed by atoms with Crippen LogP contribution < -0.4 is 0 Å². The third kappa shape index (κ3) is 2.04. The van der Waals surface area contributed by atoms with E-state index in [0.29, 0.717) is 35.5 Å². The van der Waals surface area contributed by atoms with Gasteiger partial charge in [0.25, 0.3) is 0 Å². The molecule has 4 nitrogen and oxygen atoms in total. The van der Waals surface area contributed by atoms with Crippen LogP contribution >= 0.6 is 0 Å². The van der Waals surface area contributed by atoms with Crippen molar-refractivity contribution in [2.45, 2.75) is 71.0 Å². The molecule has 0 radical (unpaired) electrons. The summed E-state index contributed by atoms with van der Waals surface area (Å²) in [5, 5.41) is 21.0. The van der Waals surface area contributed by atoms with Gasteiger partial charge < -0.3 is 14.6 Å². The summed E-state index contributed by atoms with van der Waals surface area (Å²) in [6, 6.07) is 2.39. The van der Waals surface area contributed by atoms with Gasteiger partial charge in [-0.2, -0.15) is 5.26 Å². The molecule has 5 atom stereocenters. The Hall–Kier alpha value is -1.57. The Kier molecular flexibility index (Phi) is 3.84. The molecule has 0 aromatic carbocycles. The van der Waals surface area contributed by atoms with Gasteiger partial charge in [-0.25, -0.2) is 0 Å². The van der Waals surface area contributed by atoms with Crippen LogP contribution in [0.1, 0.15) is 65.2 Å². The van der Waals surface area contributed by atoms with Crippen molar-refractivity contribution in [1.82, 2.24) is 0 Å². The number of aliphatic hydroxyl groups is 1. The van der Waals surface area contributed by atoms with E-state index in [9.17, 15) is 10.4 Å². The number of hydrogen-bond acceptors (Lipinski definition) is 4. The van der Waals surface area contributed by atoms with Gasteiger partial charge in [-0.05, 0) is 68.1 Å². The highest BCUT2D eigenvalue weighted by Crippen LogP contribution is 2.71. The van der Waals surface area contributed by atoms with Crippen molar-refractivity contribution >= 4 is 0 Å². The average Bonchev–Trinajstić information content (AvgIpc) is 3.47. The maximum atomic E-state index is 11.1. The quantitative estimate of drug-likeness (QED) is 0.532. The molecule has 0 aromatic heterocycles. The van der Waals surface area contributed by atoms with Crippen molar-refractivity contribution in [3.63, 3.8) is 0 Å². The topological polar surface area (TPSA) is 62.5 Å². The second-order valence-electron chi connectivity index (χ2n) is 11.2. The van der Waals surface area contributed by atoms with Gasteiger partial charge in [-0.15, -0.1) is 0 Å². The average molecular weight is 408 g/mol. The van der Waals surface area contributed by atoms with Gasteiger partial charge in [0.1, 0.15) is 5.76 Å². The van der Waals surface area contributed by atoms with Crippen LogP contribution in [0, 0.1) is 45.3 Å². The zero-order valence-electron chi connectivity index (χ0n) is 18.2. The van der Waals surface area contributed by atoms with Crippen LogP contribution in [0.3, 0.4) is 0 Å². The van der Waals surface area contributed by atoms with E-state index >= 15 is 0 Å². The van der Waals surface area contributed by atoms with Gasteiger partial charge in [0.05, 0.1) is 30.3 Å². The van der Waals surface area contributed by atoms with Crippen LogP contribution in [-0.2, 0) is 9.47 Å². The molecule has 3 fully saturated rings. The number of nitrogens with zero attached hydrogens (tertiary/aromatic N) is 1. The van der Waals surface area contributed by atoms with Gasteiger partial charge in [0.15, 0.2) is 5.79 Å². The molecule has 30 heavy (non-hydrogen) atoms. The minimum absolute atomic E-state index is 0.0410. The van der Waals surface area contributed by atoms with Gasteiger partial charge >= 0.3 is 0 Å². The number of hydrogen-bond donors (Lipinski definition) is 1.